The van der Waals surface area contributed by atoms with Gasteiger partial charge in [-0.05, 0) is 31.0 Å². The van der Waals surface area contributed by atoms with Gasteiger partial charge in [0.25, 0.3) is 0 Å². The highest BCUT2D eigenvalue weighted by Gasteiger charge is 2.22. The van der Waals surface area contributed by atoms with Crippen LogP contribution in [0.5, 0.6) is 0 Å². The molecule has 0 spiro atoms. The van der Waals surface area contributed by atoms with Crippen LogP contribution in [-0.4, -0.2) is 65.3 Å². The van der Waals surface area contributed by atoms with E-state index in [1.807, 2.05) is 22.5 Å². The van der Waals surface area contributed by atoms with Gasteiger partial charge in [0, 0.05) is 19.3 Å². The first-order valence-electron chi connectivity index (χ1n) is 7.03. The van der Waals surface area contributed by atoms with Crippen LogP contribution in [0, 0.1) is 0 Å². The first-order chi connectivity index (χ1) is 9.89. The predicted octanol–water partition coefficient (Wildman–Crippen LogP) is 0.530. The Hall–Kier alpha value is -0.570. The van der Waals surface area contributed by atoms with Gasteiger partial charge in [-0.3, -0.25) is 9.58 Å². The lowest BCUT2D eigenvalue weighted by Crippen LogP contribution is -2.34. The number of aliphatic hydroxyl groups excluding tert-OH is 1. The van der Waals surface area contributed by atoms with Gasteiger partial charge in [-0.1, -0.05) is 0 Å². The highest BCUT2D eigenvalue weighted by molar-refractivity contribution is 7.98. The van der Waals surface area contributed by atoms with Crippen LogP contribution in [0.1, 0.15) is 23.9 Å². The maximum atomic E-state index is 11.3. The Morgan fingerprint density at radius 1 is 1.48 bits per heavy atom. The molecule has 0 saturated carbocycles. The van der Waals surface area contributed by atoms with Gasteiger partial charge in [-0.15, -0.1) is 0 Å². The molecule has 1 atom stereocenters. The molecule has 2 rings (SSSR count). The molecular formula is C13H23N3O3S2. The van der Waals surface area contributed by atoms with Crippen LogP contribution in [0.2, 0.25) is 0 Å². The van der Waals surface area contributed by atoms with Gasteiger partial charge in [0.1, 0.15) is 15.9 Å². The molecule has 1 aliphatic heterocycles. The van der Waals surface area contributed by atoms with E-state index in [0.717, 1.165) is 43.9 Å². The average Bonchev–Trinajstić information content (AvgIpc) is 2.80. The number of rotatable bonds is 7. The molecule has 8 heteroatoms. The fourth-order valence-corrected chi connectivity index (χ4v) is 3.66. The first kappa shape index (κ1) is 16.8. The first-order valence-corrected chi connectivity index (χ1v) is 10.5. The summed E-state index contributed by atoms with van der Waals surface area (Å²) < 4.78 is 24.4. The molecule has 0 aromatic carbocycles. The van der Waals surface area contributed by atoms with E-state index in [4.69, 9.17) is 0 Å². The second-order valence-corrected chi connectivity index (χ2v) is 8.68. The maximum absolute atomic E-state index is 11.3. The smallest absolute Gasteiger partial charge is 0.150 e. The van der Waals surface area contributed by atoms with E-state index in [9.17, 15) is 13.5 Å². The summed E-state index contributed by atoms with van der Waals surface area (Å²) in [7, 11) is -3.21. The summed E-state index contributed by atoms with van der Waals surface area (Å²) in [5.41, 5.74) is 1.51. The summed E-state index contributed by atoms with van der Waals surface area (Å²) in [6.45, 7) is 3.62. The van der Waals surface area contributed by atoms with E-state index in [1.54, 1.807) is 0 Å². The molecule has 0 bridgehead atoms. The number of fused-ring (bicyclic) bond motifs is 1. The Morgan fingerprint density at radius 3 is 2.90 bits per heavy atom. The standard InChI is InChI=1S/C13H23N3O3S2/c1-20-7-3-4-15-5-6-16-11(9-15)8-12(14-16)13(17)10-21(2,18)19/h8,13,17H,3-7,9-10H2,1-2H3/t13-/m0/s1. The monoisotopic (exact) mass is 333 g/mol. The van der Waals surface area contributed by atoms with Crippen molar-refractivity contribution in [1.29, 1.82) is 0 Å². The van der Waals surface area contributed by atoms with Gasteiger partial charge in [-0.2, -0.15) is 16.9 Å². The summed E-state index contributed by atoms with van der Waals surface area (Å²) >= 11 is 1.85. The van der Waals surface area contributed by atoms with Crippen molar-refractivity contribution >= 4 is 21.6 Å². The number of aliphatic hydroxyl groups is 1. The van der Waals surface area contributed by atoms with Gasteiger partial charge in [0.05, 0.1) is 23.7 Å². The second kappa shape index (κ2) is 7.13. The van der Waals surface area contributed by atoms with Crippen LogP contribution in [-0.2, 0) is 22.9 Å². The Labute approximate surface area is 130 Å². The molecule has 2 heterocycles. The van der Waals surface area contributed by atoms with Crippen LogP contribution >= 0.6 is 11.8 Å². The van der Waals surface area contributed by atoms with E-state index in [2.05, 4.69) is 16.3 Å². The van der Waals surface area contributed by atoms with E-state index >= 15 is 0 Å². The molecule has 6 nitrogen and oxygen atoms in total. The number of sulfone groups is 1. The van der Waals surface area contributed by atoms with Crippen molar-refractivity contribution in [2.24, 2.45) is 0 Å². The van der Waals surface area contributed by atoms with Crippen molar-refractivity contribution in [3.63, 3.8) is 0 Å². The lowest BCUT2D eigenvalue weighted by molar-refractivity contribution is 0.193. The molecular weight excluding hydrogens is 310 g/mol. The molecule has 1 aromatic rings. The van der Waals surface area contributed by atoms with Crippen molar-refractivity contribution in [3.8, 4) is 0 Å². The summed E-state index contributed by atoms with van der Waals surface area (Å²) in [6.07, 6.45) is 3.36. The fourth-order valence-electron chi connectivity index (χ4n) is 2.50. The van der Waals surface area contributed by atoms with Gasteiger partial charge in [-0.25, -0.2) is 8.42 Å². The zero-order chi connectivity index (χ0) is 15.5. The van der Waals surface area contributed by atoms with Crippen LogP contribution < -0.4 is 0 Å². The zero-order valence-corrected chi connectivity index (χ0v) is 14.2. The summed E-state index contributed by atoms with van der Waals surface area (Å²) in [4.78, 5) is 2.37. The van der Waals surface area contributed by atoms with Crippen molar-refractivity contribution in [2.75, 3.05) is 37.1 Å². The van der Waals surface area contributed by atoms with Crippen molar-refractivity contribution < 1.29 is 13.5 Å². The molecule has 0 fully saturated rings. The Bertz CT molecular complexity index is 571. The summed E-state index contributed by atoms with van der Waals surface area (Å²) in [6, 6.07) is 1.83. The second-order valence-electron chi connectivity index (χ2n) is 5.51. The molecule has 21 heavy (non-hydrogen) atoms. The van der Waals surface area contributed by atoms with Gasteiger partial charge >= 0.3 is 0 Å². The number of thioether (sulfide) groups is 1. The largest absolute Gasteiger partial charge is 0.386 e. The number of hydrogen-bond acceptors (Lipinski definition) is 6. The van der Waals surface area contributed by atoms with Gasteiger partial charge < -0.3 is 5.11 Å². The van der Waals surface area contributed by atoms with Crippen LogP contribution in [0.15, 0.2) is 6.07 Å². The van der Waals surface area contributed by atoms with E-state index in [0.29, 0.717) is 5.69 Å². The normalized spacial score (nSPS) is 17.7. The Kier molecular flexibility index (Phi) is 5.70. The topological polar surface area (TPSA) is 75.4 Å². The number of aromatic nitrogens is 2. The Balaban J connectivity index is 1.98. The third-order valence-electron chi connectivity index (χ3n) is 3.52. The third kappa shape index (κ3) is 4.98. The third-order valence-corrected chi connectivity index (χ3v) is 5.14. The number of hydrogen-bond donors (Lipinski definition) is 1. The lowest BCUT2D eigenvalue weighted by atomic mass is 10.2. The minimum absolute atomic E-state index is 0.277. The molecule has 120 valence electrons. The summed E-state index contributed by atoms with van der Waals surface area (Å²) in [5, 5.41) is 14.3. The molecule has 0 aliphatic carbocycles. The molecule has 0 saturated heterocycles. The van der Waals surface area contributed by atoms with E-state index in [1.165, 1.54) is 6.42 Å². The minimum Gasteiger partial charge on any atom is -0.386 e. The van der Waals surface area contributed by atoms with E-state index < -0.39 is 15.9 Å². The fraction of sp³-hybridized carbons (Fsp3) is 0.769. The van der Waals surface area contributed by atoms with Crippen LogP contribution in [0.25, 0.3) is 0 Å². The average molecular weight is 333 g/mol. The van der Waals surface area contributed by atoms with Crippen LogP contribution in [0.4, 0.5) is 0 Å². The predicted molar refractivity (Wildman–Crippen MR) is 85.2 cm³/mol. The quantitative estimate of drug-likeness (QED) is 0.734. The molecule has 0 radical (unpaired) electrons. The SMILES string of the molecule is CSCCCN1CCn2nc([C@@H](O)CS(C)(=O)=O)cc2C1. The molecule has 1 N–H and O–H groups in total. The molecule has 0 amide bonds. The zero-order valence-electron chi connectivity index (χ0n) is 12.5. The van der Waals surface area contributed by atoms with Crippen molar-refractivity contribution in [3.05, 3.63) is 17.5 Å². The maximum Gasteiger partial charge on any atom is 0.150 e. The minimum atomic E-state index is -3.21. The molecule has 1 aromatic heterocycles. The van der Waals surface area contributed by atoms with Crippen molar-refractivity contribution in [2.45, 2.75) is 25.6 Å². The van der Waals surface area contributed by atoms with Gasteiger partial charge in [0.15, 0.2) is 0 Å². The van der Waals surface area contributed by atoms with Gasteiger partial charge in [0.2, 0.25) is 0 Å². The highest BCUT2D eigenvalue weighted by Crippen LogP contribution is 2.19. The molecule has 0 unspecified atom stereocenters. The van der Waals surface area contributed by atoms with E-state index in [-0.39, 0.29) is 5.75 Å². The van der Waals surface area contributed by atoms with Crippen LogP contribution in [0.3, 0.4) is 0 Å². The lowest BCUT2D eigenvalue weighted by Gasteiger charge is -2.27. The van der Waals surface area contributed by atoms with Crippen molar-refractivity contribution in [1.82, 2.24) is 14.7 Å². The summed E-state index contributed by atoms with van der Waals surface area (Å²) in [5.74, 6) is 0.884. The number of nitrogens with zero attached hydrogens (tertiary/aromatic N) is 3. The molecule has 1 aliphatic rings. The highest BCUT2D eigenvalue weighted by atomic mass is 32.2. The Morgan fingerprint density at radius 2 is 2.24 bits per heavy atom.